The molecule has 5 heteroatoms. The monoisotopic (exact) mass is 248 g/mol. The lowest BCUT2D eigenvalue weighted by Crippen LogP contribution is -2.41. The Morgan fingerprint density at radius 1 is 1.39 bits per heavy atom. The Morgan fingerprint density at radius 2 is 2.17 bits per heavy atom. The van der Waals surface area contributed by atoms with E-state index in [9.17, 15) is 4.79 Å². The van der Waals surface area contributed by atoms with Crippen molar-refractivity contribution in [3.63, 3.8) is 0 Å². The minimum atomic E-state index is -0.134. The van der Waals surface area contributed by atoms with Gasteiger partial charge in [-0.05, 0) is 24.7 Å². The molecular formula is C13H20N4O. The van der Waals surface area contributed by atoms with Crippen LogP contribution in [0.2, 0.25) is 0 Å². The standard InChI is InChI=1S/C13H20N4O/c1-3-13(5-4-6-13)9-17-12(18)10-7-16-11(14-2)8-15-10/h7-8H,3-6,9H2,1-2H3,(H,14,16)(H,17,18). The molecule has 0 atom stereocenters. The van der Waals surface area contributed by atoms with Crippen molar-refractivity contribution in [3.8, 4) is 0 Å². The third-order valence-electron chi connectivity index (χ3n) is 3.93. The smallest absolute Gasteiger partial charge is 0.271 e. The van der Waals surface area contributed by atoms with Gasteiger partial charge in [0.15, 0.2) is 0 Å². The van der Waals surface area contributed by atoms with Gasteiger partial charge in [-0.25, -0.2) is 9.97 Å². The molecule has 0 aliphatic heterocycles. The molecule has 0 spiro atoms. The normalized spacial score (nSPS) is 16.8. The molecule has 98 valence electrons. The Balaban J connectivity index is 1.90. The molecule has 2 N–H and O–H groups in total. The van der Waals surface area contributed by atoms with Gasteiger partial charge in [0.1, 0.15) is 11.5 Å². The molecular weight excluding hydrogens is 228 g/mol. The molecule has 2 rings (SSSR count). The van der Waals surface area contributed by atoms with Gasteiger partial charge in [-0.2, -0.15) is 0 Å². The van der Waals surface area contributed by atoms with Crippen molar-refractivity contribution in [1.82, 2.24) is 15.3 Å². The number of aromatic nitrogens is 2. The summed E-state index contributed by atoms with van der Waals surface area (Å²) >= 11 is 0. The van der Waals surface area contributed by atoms with Crippen LogP contribution in [-0.2, 0) is 0 Å². The lowest BCUT2D eigenvalue weighted by atomic mass is 9.67. The Morgan fingerprint density at radius 3 is 2.61 bits per heavy atom. The van der Waals surface area contributed by atoms with Crippen LogP contribution in [0.3, 0.4) is 0 Å². The number of hydrogen-bond donors (Lipinski definition) is 2. The van der Waals surface area contributed by atoms with Crippen LogP contribution in [0.4, 0.5) is 5.82 Å². The summed E-state index contributed by atoms with van der Waals surface area (Å²) in [4.78, 5) is 20.1. The van der Waals surface area contributed by atoms with Crippen molar-refractivity contribution < 1.29 is 4.79 Å². The molecule has 0 radical (unpaired) electrons. The van der Waals surface area contributed by atoms with Gasteiger partial charge in [0.05, 0.1) is 12.4 Å². The van der Waals surface area contributed by atoms with E-state index >= 15 is 0 Å². The fourth-order valence-corrected chi connectivity index (χ4v) is 2.26. The first-order chi connectivity index (χ1) is 8.69. The van der Waals surface area contributed by atoms with Crippen LogP contribution in [0.15, 0.2) is 12.4 Å². The maximum Gasteiger partial charge on any atom is 0.271 e. The number of rotatable bonds is 5. The first-order valence-corrected chi connectivity index (χ1v) is 6.47. The van der Waals surface area contributed by atoms with Crippen molar-refractivity contribution in [3.05, 3.63) is 18.1 Å². The van der Waals surface area contributed by atoms with Gasteiger partial charge >= 0.3 is 0 Å². The highest BCUT2D eigenvalue weighted by atomic mass is 16.1. The number of anilines is 1. The third-order valence-corrected chi connectivity index (χ3v) is 3.93. The topological polar surface area (TPSA) is 66.9 Å². The van der Waals surface area contributed by atoms with E-state index in [-0.39, 0.29) is 5.91 Å². The molecule has 1 aromatic rings. The summed E-state index contributed by atoms with van der Waals surface area (Å²) in [7, 11) is 1.77. The second-order valence-corrected chi connectivity index (χ2v) is 4.93. The molecule has 1 aliphatic carbocycles. The second-order valence-electron chi connectivity index (χ2n) is 4.93. The Hall–Kier alpha value is -1.65. The maximum absolute atomic E-state index is 11.9. The molecule has 5 nitrogen and oxygen atoms in total. The highest BCUT2D eigenvalue weighted by Crippen LogP contribution is 2.43. The average Bonchev–Trinajstić information content (AvgIpc) is 2.38. The maximum atomic E-state index is 11.9. The van der Waals surface area contributed by atoms with E-state index in [1.54, 1.807) is 13.2 Å². The number of amides is 1. The van der Waals surface area contributed by atoms with E-state index in [2.05, 4.69) is 27.5 Å². The van der Waals surface area contributed by atoms with Crippen LogP contribution in [0.5, 0.6) is 0 Å². The molecule has 1 heterocycles. The van der Waals surface area contributed by atoms with Gasteiger partial charge in [-0.15, -0.1) is 0 Å². The summed E-state index contributed by atoms with van der Waals surface area (Å²) in [6.45, 7) is 2.94. The van der Waals surface area contributed by atoms with Crippen molar-refractivity contribution in [2.45, 2.75) is 32.6 Å². The number of carbonyl (C=O) groups is 1. The highest BCUT2D eigenvalue weighted by molar-refractivity contribution is 5.92. The van der Waals surface area contributed by atoms with Gasteiger partial charge in [0, 0.05) is 13.6 Å². The van der Waals surface area contributed by atoms with Crippen molar-refractivity contribution in [1.29, 1.82) is 0 Å². The molecule has 1 aliphatic rings. The average molecular weight is 248 g/mol. The lowest BCUT2D eigenvalue weighted by molar-refractivity contribution is 0.0845. The molecule has 1 saturated carbocycles. The molecule has 0 saturated heterocycles. The zero-order valence-corrected chi connectivity index (χ0v) is 11.0. The Kier molecular flexibility index (Phi) is 3.79. The zero-order chi connectivity index (χ0) is 13.0. The Labute approximate surface area is 107 Å². The van der Waals surface area contributed by atoms with E-state index < -0.39 is 0 Å². The van der Waals surface area contributed by atoms with Crippen LogP contribution >= 0.6 is 0 Å². The zero-order valence-electron chi connectivity index (χ0n) is 11.0. The van der Waals surface area contributed by atoms with Gasteiger partial charge in [-0.1, -0.05) is 13.3 Å². The molecule has 0 unspecified atom stereocenters. The van der Waals surface area contributed by atoms with Crippen LogP contribution in [0.1, 0.15) is 43.1 Å². The summed E-state index contributed by atoms with van der Waals surface area (Å²) in [5.41, 5.74) is 0.702. The predicted molar refractivity (Wildman–Crippen MR) is 70.5 cm³/mol. The minimum Gasteiger partial charge on any atom is -0.372 e. The van der Waals surface area contributed by atoms with Crippen molar-refractivity contribution >= 4 is 11.7 Å². The summed E-state index contributed by atoms with van der Waals surface area (Å²) in [5.74, 6) is 0.528. The third kappa shape index (κ3) is 2.60. The summed E-state index contributed by atoms with van der Waals surface area (Å²) < 4.78 is 0. The fourth-order valence-electron chi connectivity index (χ4n) is 2.26. The lowest BCUT2D eigenvalue weighted by Gasteiger charge is -2.41. The first-order valence-electron chi connectivity index (χ1n) is 6.47. The number of nitrogens with one attached hydrogen (secondary N) is 2. The van der Waals surface area contributed by atoms with Crippen LogP contribution in [0.25, 0.3) is 0 Å². The van der Waals surface area contributed by atoms with Crippen LogP contribution < -0.4 is 10.6 Å². The van der Waals surface area contributed by atoms with Crippen LogP contribution in [0, 0.1) is 5.41 Å². The van der Waals surface area contributed by atoms with Gasteiger partial charge in [-0.3, -0.25) is 4.79 Å². The highest BCUT2D eigenvalue weighted by Gasteiger charge is 2.35. The minimum absolute atomic E-state index is 0.134. The van der Waals surface area contributed by atoms with Crippen molar-refractivity contribution in [2.75, 3.05) is 18.9 Å². The van der Waals surface area contributed by atoms with Gasteiger partial charge in [0.25, 0.3) is 5.91 Å². The van der Waals surface area contributed by atoms with Gasteiger partial charge in [0.2, 0.25) is 0 Å². The van der Waals surface area contributed by atoms with E-state index in [0.717, 1.165) is 13.0 Å². The molecule has 1 fully saturated rings. The summed E-state index contributed by atoms with van der Waals surface area (Å²) in [6, 6.07) is 0. The summed E-state index contributed by atoms with van der Waals surface area (Å²) in [5, 5.41) is 5.84. The molecule has 0 aromatic carbocycles. The summed E-state index contributed by atoms with van der Waals surface area (Å²) in [6.07, 6.45) is 7.90. The van der Waals surface area contributed by atoms with Crippen LogP contribution in [-0.4, -0.2) is 29.5 Å². The molecule has 18 heavy (non-hydrogen) atoms. The largest absolute Gasteiger partial charge is 0.372 e. The predicted octanol–water partition coefficient (Wildman–Crippen LogP) is 1.83. The number of nitrogens with zero attached hydrogens (tertiary/aromatic N) is 2. The van der Waals surface area contributed by atoms with Crippen molar-refractivity contribution in [2.24, 2.45) is 5.41 Å². The quantitative estimate of drug-likeness (QED) is 0.834. The van der Waals surface area contributed by atoms with Gasteiger partial charge < -0.3 is 10.6 Å². The second kappa shape index (κ2) is 5.33. The van der Waals surface area contributed by atoms with E-state index in [1.807, 2.05) is 0 Å². The van der Waals surface area contributed by atoms with E-state index in [1.165, 1.54) is 25.5 Å². The van der Waals surface area contributed by atoms with E-state index in [0.29, 0.717) is 16.9 Å². The molecule has 0 bridgehead atoms. The SMILES string of the molecule is CCC1(CNC(=O)c2cnc(NC)cn2)CCC1. The fraction of sp³-hybridized carbons (Fsp3) is 0.615. The Bertz CT molecular complexity index is 406. The molecule has 1 amide bonds. The number of carbonyl (C=O) groups excluding carboxylic acids is 1. The number of hydrogen-bond acceptors (Lipinski definition) is 4. The molecule has 1 aromatic heterocycles. The first kappa shape index (κ1) is 12.8. The van der Waals surface area contributed by atoms with E-state index in [4.69, 9.17) is 0 Å².